The highest BCUT2D eigenvalue weighted by molar-refractivity contribution is 5.24. The molecule has 0 heterocycles. The fraction of sp³-hybridized carbons (Fsp3) is 0.500. The van der Waals surface area contributed by atoms with E-state index in [9.17, 15) is 0 Å². The average molecular weight is 193 g/mol. The van der Waals surface area contributed by atoms with Crippen molar-refractivity contribution in [2.45, 2.75) is 26.3 Å². The minimum atomic E-state index is 0.192. The van der Waals surface area contributed by atoms with Gasteiger partial charge >= 0.3 is 0 Å². The lowest BCUT2D eigenvalue weighted by molar-refractivity contribution is 0.286. The zero-order valence-corrected chi connectivity index (χ0v) is 8.96. The van der Waals surface area contributed by atoms with Crippen LogP contribution in [0.25, 0.3) is 0 Å². The average Bonchev–Trinajstić information content (AvgIpc) is 2.26. The second-order valence-corrected chi connectivity index (χ2v) is 3.49. The molecule has 0 saturated heterocycles. The van der Waals surface area contributed by atoms with E-state index in [2.05, 4.69) is 43.4 Å². The Labute approximate surface area is 86.0 Å². The lowest BCUT2D eigenvalue weighted by Crippen LogP contribution is -2.21. The molecule has 0 saturated carbocycles. The molecule has 0 aliphatic heterocycles. The molecule has 1 rings (SSSR count). The predicted molar refractivity (Wildman–Crippen MR) is 59.3 cm³/mol. The molecule has 0 aliphatic rings. The Morgan fingerprint density at radius 3 is 2.43 bits per heavy atom. The molecular formula is C12H19NO. The highest BCUT2D eigenvalue weighted by Gasteiger charge is 2.02. The van der Waals surface area contributed by atoms with Gasteiger partial charge in [0.1, 0.15) is 0 Å². The Morgan fingerprint density at radius 2 is 1.93 bits per heavy atom. The molecule has 2 nitrogen and oxygen atoms in total. The summed E-state index contributed by atoms with van der Waals surface area (Å²) in [5, 5.41) is 11.9. The van der Waals surface area contributed by atoms with Crippen molar-refractivity contribution in [2.24, 2.45) is 0 Å². The molecule has 0 aromatic heterocycles. The monoisotopic (exact) mass is 193 g/mol. The number of rotatable bonds is 5. The largest absolute Gasteiger partial charge is 0.395 e. The van der Waals surface area contributed by atoms with Gasteiger partial charge in [0.15, 0.2) is 0 Å². The van der Waals surface area contributed by atoms with Crippen molar-refractivity contribution in [2.75, 3.05) is 13.2 Å². The molecule has 1 aromatic rings. The Hall–Kier alpha value is -0.860. The first-order valence-corrected chi connectivity index (χ1v) is 5.21. The van der Waals surface area contributed by atoms with Gasteiger partial charge in [-0.2, -0.15) is 0 Å². The number of hydrogen-bond donors (Lipinski definition) is 2. The normalized spacial score (nSPS) is 12.8. The number of aliphatic hydroxyl groups excluding tert-OH is 1. The van der Waals surface area contributed by atoms with Gasteiger partial charge < -0.3 is 10.4 Å². The molecule has 1 atom stereocenters. The quantitative estimate of drug-likeness (QED) is 0.748. The van der Waals surface area contributed by atoms with E-state index in [1.54, 1.807) is 0 Å². The maximum atomic E-state index is 8.68. The van der Waals surface area contributed by atoms with E-state index in [4.69, 9.17) is 5.11 Å². The first-order valence-electron chi connectivity index (χ1n) is 5.21. The van der Waals surface area contributed by atoms with Crippen LogP contribution in [0.4, 0.5) is 0 Å². The van der Waals surface area contributed by atoms with E-state index in [-0.39, 0.29) is 6.61 Å². The van der Waals surface area contributed by atoms with Gasteiger partial charge in [0, 0.05) is 12.6 Å². The van der Waals surface area contributed by atoms with Crippen LogP contribution in [0.15, 0.2) is 24.3 Å². The summed E-state index contributed by atoms with van der Waals surface area (Å²) in [5.41, 5.74) is 2.64. The van der Waals surface area contributed by atoms with Gasteiger partial charge in [-0.15, -0.1) is 0 Å². The molecular weight excluding hydrogens is 174 g/mol. The van der Waals surface area contributed by atoms with Crippen LogP contribution in [0.2, 0.25) is 0 Å². The van der Waals surface area contributed by atoms with Crippen LogP contribution in [-0.4, -0.2) is 18.3 Å². The molecule has 78 valence electrons. The molecule has 14 heavy (non-hydrogen) atoms. The topological polar surface area (TPSA) is 32.3 Å². The van der Waals surface area contributed by atoms with Crippen molar-refractivity contribution in [3.05, 3.63) is 35.4 Å². The SMILES string of the molecule is CCc1ccc(C(C)NCCO)cc1. The Morgan fingerprint density at radius 1 is 1.29 bits per heavy atom. The number of nitrogens with one attached hydrogen (secondary N) is 1. The van der Waals surface area contributed by atoms with Gasteiger partial charge in [0.2, 0.25) is 0 Å². The van der Waals surface area contributed by atoms with Crippen molar-refractivity contribution in [3.8, 4) is 0 Å². The van der Waals surface area contributed by atoms with Gasteiger partial charge in [-0.3, -0.25) is 0 Å². The van der Waals surface area contributed by atoms with E-state index in [0.29, 0.717) is 12.6 Å². The maximum absolute atomic E-state index is 8.68. The van der Waals surface area contributed by atoms with E-state index >= 15 is 0 Å². The second kappa shape index (κ2) is 5.78. The van der Waals surface area contributed by atoms with Crippen LogP contribution in [-0.2, 0) is 6.42 Å². The number of hydrogen-bond acceptors (Lipinski definition) is 2. The van der Waals surface area contributed by atoms with Crippen molar-refractivity contribution < 1.29 is 5.11 Å². The van der Waals surface area contributed by atoms with Gasteiger partial charge in [0.25, 0.3) is 0 Å². The zero-order chi connectivity index (χ0) is 10.4. The lowest BCUT2D eigenvalue weighted by Gasteiger charge is -2.13. The summed E-state index contributed by atoms with van der Waals surface area (Å²) in [6.45, 7) is 5.10. The third-order valence-corrected chi connectivity index (χ3v) is 2.45. The van der Waals surface area contributed by atoms with Crippen LogP contribution < -0.4 is 5.32 Å². The van der Waals surface area contributed by atoms with Crippen LogP contribution in [0.3, 0.4) is 0 Å². The number of benzene rings is 1. The highest BCUT2D eigenvalue weighted by Crippen LogP contribution is 2.13. The first-order chi connectivity index (χ1) is 6.77. The van der Waals surface area contributed by atoms with E-state index in [1.165, 1.54) is 11.1 Å². The van der Waals surface area contributed by atoms with Crippen LogP contribution in [0, 0.1) is 0 Å². The molecule has 1 aromatic carbocycles. The number of aliphatic hydroxyl groups is 1. The third-order valence-electron chi connectivity index (χ3n) is 2.45. The fourth-order valence-corrected chi connectivity index (χ4v) is 1.44. The molecule has 0 amide bonds. The van der Waals surface area contributed by atoms with Crippen LogP contribution in [0.1, 0.15) is 31.0 Å². The summed E-state index contributed by atoms with van der Waals surface area (Å²) in [5.74, 6) is 0. The summed E-state index contributed by atoms with van der Waals surface area (Å²) in [6, 6.07) is 8.92. The van der Waals surface area contributed by atoms with Crippen LogP contribution in [0.5, 0.6) is 0 Å². The van der Waals surface area contributed by atoms with Crippen molar-refractivity contribution >= 4 is 0 Å². The summed E-state index contributed by atoms with van der Waals surface area (Å²) in [6.07, 6.45) is 1.08. The van der Waals surface area contributed by atoms with E-state index in [0.717, 1.165) is 6.42 Å². The summed E-state index contributed by atoms with van der Waals surface area (Å²) in [7, 11) is 0. The molecule has 0 aliphatic carbocycles. The van der Waals surface area contributed by atoms with Gasteiger partial charge in [-0.25, -0.2) is 0 Å². The van der Waals surface area contributed by atoms with E-state index < -0.39 is 0 Å². The minimum Gasteiger partial charge on any atom is -0.395 e. The van der Waals surface area contributed by atoms with E-state index in [1.807, 2.05) is 0 Å². The molecule has 2 heteroatoms. The molecule has 1 unspecified atom stereocenters. The molecule has 0 bridgehead atoms. The Kier molecular flexibility index (Phi) is 4.63. The van der Waals surface area contributed by atoms with Gasteiger partial charge in [-0.1, -0.05) is 31.2 Å². The molecule has 0 spiro atoms. The Bertz CT molecular complexity index is 256. The minimum absolute atomic E-state index is 0.192. The summed E-state index contributed by atoms with van der Waals surface area (Å²) < 4.78 is 0. The summed E-state index contributed by atoms with van der Waals surface area (Å²) >= 11 is 0. The lowest BCUT2D eigenvalue weighted by atomic mass is 10.1. The van der Waals surface area contributed by atoms with Gasteiger partial charge in [0.05, 0.1) is 6.61 Å². The summed E-state index contributed by atoms with van der Waals surface area (Å²) in [4.78, 5) is 0. The number of aryl methyl sites for hydroxylation is 1. The maximum Gasteiger partial charge on any atom is 0.0556 e. The van der Waals surface area contributed by atoms with Gasteiger partial charge in [-0.05, 0) is 24.5 Å². The second-order valence-electron chi connectivity index (χ2n) is 3.49. The molecule has 2 N–H and O–H groups in total. The third kappa shape index (κ3) is 3.13. The smallest absolute Gasteiger partial charge is 0.0556 e. The van der Waals surface area contributed by atoms with Crippen LogP contribution >= 0.6 is 0 Å². The zero-order valence-electron chi connectivity index (χ0n) is 8.96. The first kappa shape index (κ1) is 11.2. The Balaban J connectivity index is 2.57. The van der Waals surface area contributed by atoms with Crippen molar-refractivity contribution in [3.63, 3.8) is 0 Å². The predicted octanol–water partition coefficient (Wildman–Crippen LogP) is 1.89. The molecule has 0 fully saturated rings. The standard InChI is InChI=1S/C12H19NO/c1-3-11-4-6-12(7-5-11)10(2)13-8-9-14/h4-7,10,13-14H,3,8-9H2,1-2H3. The highest BCUT2D eigenvalue weighted by atomic mass is 16.3. The van der Waals surface area contributed by atoms with Crippen molar-refractivity contribution in [1.29, 1.82) is 0 Å². The van der Waals surface area contributed by atoms with Crippen molar-refractivity contribution in [1.82, 2.24) is 5.32 Å². The molecule has 0 radical (unpaired) electrons. The fourth-order valence-electron chi connectivity index (χ4n) is 1.44.